The van der Waals surface area contributed by atoms with Gasteiger partial charge in [-0.05, 0) is 34.6 Å². The number of alkyl halides is 1. The van der Waals surface area contributed by atoms with Crippen molar-refractivity contribution in [3.8, 4) is 5.88 Å². The summed E-state index contributed by atoms with van der Waals surface area (Å²) in [5.74, 6) is -1.62. The van der Waals surface area contributed by atoms with Crippen LogP contribution in [0.25, 0.3) is 11.2 Å². The van der Waals surface area contributed by atoms with Crippen LogP contribution in [-0.4, -0.2) is 97.6 Å². The summed E-state index contributed by atoms with van der Waals surface area (Å²) >= 11 is 0.632. The van der Waals surface area contributed by atoms with E-state index >= 15 is 4.39 Å². The number of aliphatic hydroxyl groups excluding tert-OH is 1. The third-order valence-corrected chi connectivity index (χ3v) is 10.5. The molecule has 2 saturated heterocycles. The van der Waals surface area contributed by atoms with Crippen molar-refractivity contribution in [2.75, 3.05) is 24.7 Å². The van der Waals surface area contributed by atoms with Gasteiger partial charge in [0.1, 0.15) is 24.3 Å². The van der Waals surface area contributed by atoms with Crippen molar-refractivity contribution in [1.82, 2.24) is 35.2 Å². The number of carbonyl (C=O) groups is 3. The van der Waals surface area contributed by atoms with E-state index in [1.165, 1.54) is 17.8 Å². The van der Waals surface area contributed by atoms with Gasteiger partial charge in [-0.15, -0.1) is 0 Å². The Bertz CT molecular complexity index is 1430. The smallest absolute Gasteiger partial charge is 0.327 e. The first kappa shape index (κ1) is 32.8. The van der Waals surface area contributed by atoms with E-state index in [1.54, 1.807) is 20.8 Å². The first-order valence-electron chi connectivity index (χ1n) is 13.3. The van der Waals surface area contributed by atoms with E-state index in [4.69, 9.17) is 24.5 Å². The molecule has 0 aromatic carbocycles. The quantitative estimate of drug-likeness (QED) is 0.115. The SMILES string of the molecule is CCOc1nc(N)nc2c1ncn2[C@@H]1O[C@H](COP(=O)(N[C@@H](C)C(=O)OC(C)C)SCC2NC(=O)NC2=O)[C@@H](O)[C@@]1(C)F. The molecule has 0 bridgehead atoms. The molecule has 43 heavy (non-hydrogen) atoms. The Balaban J connectivity index is 1.53. The van der Waals surface area contributed by atoms with Gasteiger partial charge in [-0.3, -0.25) is 24.0 Å². The molecule has 7 atom stereocenters. The van der Waals surface area contributed by atoms with Gasteiger partial charge in [0, 0.05) is 5.75 Å². The Morgan fingerprint density at radius 3 is 2.72 bits per heavy atom. The minimum atomic E-state index is -4.08. The summed E-state index contributed by atoms with van der Waals surface area (Å²) in [6, 6.07) is -2.86. The van der Waals surface area contributed by atoms with Crippen LogP contribution in [0.15, 0.2) is 6.33 Å². The van der Waals surface area contributed by atoms with E-state index in [-0.39, 0.29) is 35.4 Å². The second-order valence-electron chi connectivity index (χ2n) is 10.2. The number of nitrogens with zero attached hydrogens (tertiary/aromatic N) is 4. The third-order valence-electron chi connectivity index (χ3n) is 6.39. The molecule has 2 aromatic rings. The van der Waals surface area contributed by atoms with E-state index < -0.39 is 73.5 Å². The number of nitrogen functional groups attached to an aromatic ring is 1. The van der Waals surface area contributed by atoms with Gasteiger partial charge < -0.3 is 34.9 Å². The molecule has 238 valence electrons. The number of carbonyl (C=O) groups excluding carboxylic acids is 3. The summed E-state index contributed by atoms with van der Waals surface area (Å²) in [6.45, 7) is 3.10. The number of amides is 3. The zero-order chi connectivity index (χ0) is 31.7. The summed E-state index contributed by atoms with van der Waals surface area (Å²) in [5.41, 5.74) is 3.68. The van der Waals surface area contributed by atoms with Gasteiger partial charge in [-0.2, -0.15) is 9.97 Å². The van der Waals surface area contributed by atoms with Crippen molar-refractivity contribution in [3.63, 3.8) is 0 Å². The standard InChI is InChI=1S/C23H34FN8O9PS/c1-6-38-18-14-16(28-21(25)30-18)32(9-26-14)20-23(5,24)15(33)13(41-20)7-39-42(37,31-11(4)19(35)40-10(2)3)43-8-12-17(34)29-22(36)27-12/h9-13,15,20,33H,6-8H2,1-5H3,(H,31,37)(H2,25,28,30)(H2,27,29,34,36)/t11-,12?,13+,15+,20+,23+,42?/m0/s1. The van der Waals surface area contributed by atoms with Crippen LogP contribution in [0.2, 0.25) is 0 Å². The molecule has 2 aromatic heterocycles. The number of aromatic nitrogens is 4. The number of ether oxygens (including phenoxy) is 3. The van der Waals surface area contributed by atoms with Gasteiger partial charge >= 0.3 is 18.7 Å². The van der Waals surface area contributed by atoms with Crippen LogP contribution in [0.4, 0.5) is 15.1 Å². The summed E-state index contributed by atoms with van der Waals surface area (Å²) in [5, 5.41) is 17.9. The molecule has 2 aliphatic heterocycles. The highest BCUT2D eigenvalue weighted by atomic mass is 32.7. The first-order valence-corrected chi connectivity index (χ1v) is 16.5. The Kier molecular flexibility index (Phi) is 9.82. The monoisotopic (exact) mass is 648 g/mol. The largest absolute Gasteiger partial charge is 0.476 e. The van der Waals surface area contributed by atoms with E-state index in [2.05, 4.69) is 30.7 Å². The van der Waals surface area contributed by atoms with Gasteiger partial charge in [-0.25, -0.2) is 19.3 Å². The number of hydrogen-bond donors (Lipinski definition) is 5. The van der Waals surface area contributed by atoms with Crippen molar-refractivity contribution in [2.24, 2.45) is 0 Å². The second kappa shape index (κ2) is 12.9. The van der Waals surface area contributed by atoms with Crippen molar-refractivity contribution in [3.05, 3.63) is 6.33 Å². The number of anilines is 1. The van der Waals surface area contributed by atoms with Gasteiger partial charge in [0.05, 0.1) is 25.6 Å². The second-order valence-corrected chi connectivity index (χ2v) is 14.5. The average molecular weight is 649 g/mol. The molecule has 0 aliphatic carbocycles. The number of nitrogens with two attached hydrogens (primary N) is 1. The molecular weight excluding hydrogens is 614 g/mol. The lowest BCUT2D eigenvalue weighted by Gasteiger charge is -2.25. The molecule has 3 amide bonds. The molecule has 6 N–H and O–H groups in total. The van der Waals surface area contributed by atoms with E-state index in [0.29, 0.717) is 11.4 Å². The molecule has 0 spiro atoms. The maximum absolute atomic E-state index is 16.0. The summed E-state index contributed by atoms with van der Waals surface area (Å²) in [7, 11) is 0. The van der Waals surface area contributed by atoms with Crippen LogP contribution in [-0.2, 0) is 28.2 Å². The summed E-state index contributed by atoms with van der Waals surface area (Å²) < 4.78 is 53.3. The maximum Gasteiger partial charge on any atom is 0.327 e. The van der Waals surface area contributed by atoms with Crippen molar-refractivity contribution >= 4 is 53.1 Å². The number of rotatable bonds is 13. The number of aliphatic hydroxyl groups is 1. The summed E-state index contributed by atoms with van der Waals surface area (Å²) in [4.78, 5) is 48.2. The predicted octanol–water partition coefficient (Wildman–Crippen LogP) is 0.789. The average Bonchev–Trinajstić information content (AvgIpc) is 3.54. The lowest BCUT2D eigenvalue weighted by atomic mass is 9.98. The minimum Gasteiger partial charge on any atom is -0.476 e. The molecule has 4 heterocycles. The van der Waals surface area contributed by atoms with Crippen molar-refractivity contribution in [1.29, 1.82) is 0 Å². The number of hydrogen-bond acceptors (Lipinski definition) is 14. The van der Waals surface area contributed by atoms with E-state index in [9.17, 15) is 24.1 Å². The fraction of sp³-hybridized carbons (Fsp3) is 0.652. The number of fused-ring (bicyclic) bond motifs is 1. The van der Waals surface area contributed by atoms with Crippen LogP contribution in [0.3, 0.4) is 0 Å². The first-order chi connectivity index (χ1) is 20.1. The van der Waals surface area contributed by atoms with Crippen LogP contribution in [0.5, 0.6) is 5.88 Å². The molecule has 2 aliphatic rings. The number of urea groups is 1. The lowest BCUT2D eigenvalue weighted by Crippen LogP contribution is -2.41. The highest BCUT2D eigenvalue weighted by molar-refractivity contribution is 8.56. The number of esters is 1. The number of nitrogens with one attached hydrogen (secondary N) is 3. The fourth-order valence-corrected chi connectivity index (χ4v) is 8.19. The fourth-order valence-electron chi connectivity index (χ4n) is 4.32. The Labute approximate surface area is 249 Å². The molecule has 0 radical (unpaired) electrons. The molecule has 4 rings (SSSR count). The summed E-state index contributed by atoms with van der Waals surface area (Å²) in [6.07, 6.45) is -3.81. The molecule has 0 saturated carbocycles. The number of halogens is 1. The van der Waals surface area contributed by atoms with E-state index in [1.807, 2.05) is 0 Å². The van der Waals surface area contributed by atoms with Gasteiger partial charge in [0.25, 0.3) is 5.91 Å². The molecular formula is C23H34FN8O9PS. The zero-order valence-corrected chi connectivity index (χ0v) is 25.7. The van der Waals surface area contributed by atoms with Crippen LogP contribution < -0.4 is 26.2 Å². The topological polar surface area (TPSA) is 231 Å². The van der Waals surface area contributed by atoms with Crippen molar-refractivity contribution < 1.29 is 47.2 Å². The third kappa shape index (κ3) is 7.18. The molecule has 2 fully saturated rings. The van der Waals surface area contributed by atoms with Crippen LogP contribution in [0, 0.1) is 0 Å². The lowest BCUT2D eigenvalue weighted by molar-refractivity contribution is -0.149. The van der Waals surface area contributed by atoms with Gasteiger partial charge in [0.2, 0.25) is 11.8 Å². The number of imidazole rings is 1. The normalized spacial score (nSPS) is 27.6. The van der Waals surface area contributed by atoms with Gasteiger partial charge in [-0.1, -0.05) is 11.4 Å². The molecule has 17 nitrogen and oxygen atoms in total. The Morgan fingerprint density at radius 1 is 1.37 bits per heavy atom. The van der Waals surface area contributed by atoms with Crippen LogP contribution >= 0.6 is 18.1 Å². The highest BCUT2D eigenvalue weighted by Crippen LogP contribution is 2.57. The number of imide groups is 1. The Morgan fingerprint density at radius 2 is 2.09 bits per heavy atom. The van der Waals surface area contributed by atoms with Crippen molar-refractivity contribution in [2.45, 2.75) is 76.9 Å². The highest BCUT2D eigenvalue weighted by Gasteiger charge is 2.56. The zero-order valence-electron chi connectivity index (χ0n) is 24.0. The molecule has 20 heteroatoms. The minimum absolute atomic E-state index is 0.0871. The Hall–Kier alpha value is -3.09. The molecule has 2 unspecified atom stereocenters. The van der Waals surface area contributed by atoms with E-state index in [0.717, 1.165) is 6.92 Å². The van der Waals surface area contributed by atoms with Crippen LogP contribution in [0.1, 0.15) is 40.8 Å². The van der Waals surface area contributed by atoms with Gasteiger partial charge in [0.15, 0.2) is 23.1 Å². The predicted molar refractivity (Wildman–Crippen MR) is 151 cm³/mol. The maximum atomic E-state index is 16.0.